The van der Waals surface area contributed by atoms with Crippen LogP contribution in [-0.4, -0.2) is 54.7 Å². The van der Waals surface area contributed by atoms with Gasteiger partial charge in [-0.1, -0.05) is 0 Å². The average molecular weight is 364 g/mol. The highest BCUT2D eigenvalue weighted by atomic mass is 35.5. The van der Waals surface area contributed by atoms with Gasteiger partial charge >= 0.3 is 0 Å². The second kappa shape index (κ2) is 8.42. The van der Waals surface area contributed by atoms with E-state index in [-0.39, 0.29) is 30.7 Å². The van der Waals surface area contributed by atoms with E-state index in [0.29, 0.717) is 31.2 Å². The number of likely N-dealkylation sites (tertiary alicyclic amines) is 1. The third-order valence-corrected chi connectivity index (χ3v) is 4.03. The summed E-state index contributed by atoms with van der Waals surface area (Å²) >= 11 is 0. The van der Waals surface area contributed by atoms with Crippen LogP contribution < -0.4 is 16.4 Å². The van der Waals surface area contributed by atoms with Crippen LogP contribution in [0, 0.1) is 0 Å². The molecule has 2 saturated heterocycles. The number of anilines is 3. The minimum atomic E-state index is -0.419. The van der Waals surface area contributed by atoms with E-state index in [1.165, 1.54) is 0 Å². The molecule has 2 aliphatic heterocycles. The number of ether oxygens (including phenoxy) is 1. The van der Waals surface area contributed by atoms with Gasteiger partial charge in [0.05, 0.1) is 18.8 Å². The topological polar surface area (TPSA) is 97.7 Å². The first-order chi connectivity index (χ1) is 10.1. The largest absolute Gasteiger partial charge is 0.396 e. The molecule has 23 heavy (non-hydrogen) atoms. The van der Waals surface area contributed by atoms with Crippen molar-refractivity contribution >= 4 is 48.0 Å². The van der Waals surface area contributed by atoms with Gasteiger partial charge in [-0.3, -0.25) is 4.79 Å². The fourth-order valence-corrected chi connectivity index (χ4v) is 2.80. The number of nitrogens with zero attached hydrogens (tertiary/aromatic N) is 3. The molecule has 1 unspecified atom stereocenters. The highest BCUT2D eigenvalue weighted by Gasteiger charge is 2.31. The molecule has 1 aromatic rings. The van der Waals surface area contributed by atoms with Gasteiger partial charge in [0.2, 0.25) is 0 Å². The Bertz CT molecular complexity index is 540. The summed E-state index contributed by atoms with van der Waals surface area (Å²) in [4.78, 5) is 20.6. The number of morpholine rings is 1. The molecule has 0 aliphatic carbocycles. The zero-order chi connectivity index (χ0) is 14.8. The van der Waals surface area contributed by atoms with Crippen LogP contribution in [0.15, 0.2) is 12.1 Å². The van der Waals surface area contributed by atoms with Gasteiger partial charge < -0.3 is 26.0 Å². The lowest BCUT2D eigenvalue weighted by atomic mass is 10.2. The Morgan fingerprint density at radius 1 is 1.17 bits per heavy atom. The number of halogens is 2. The minimum absolute atomic E-state index is 0. The third-order valence-electron chi connectivity index (χ3n) is 4.03. The zero-order valence-electron chi connectivity index (χ0n) is 12.8. The summed E-state index contributed by atoms with van der Waals surface area (Å²) in [6.45, 7) is 3.39. The van der Waals surface area contributed by atoms with Crippen molar-refractivity contribution < 1.29 is 9.53 Å². The summed E-state index contributed by atoms with van der Waals surface area (Å²) in [6.07, 6.45) is 1.74. The quantitative estimate of drug-likeness (QED) is 0.810. The molecule has 0 bridgehead atoms. The molecular formula is C14H23Cl2N5O2. The Balaban J connectivity index is 0.00000132. The molecular weight excluding hydrogens is 341 g/mol. The Kier molecular flexibility index (Phi) is 7.18. The van der Waals surface area contributed by atoms with Gasteiger partial charge in [0.1, 0.15) is 11.6 Å². The number of rotatable bonds is 2. The first-order valence-corrected chi connectivity index (χ1v) is 7.32. The van der Waals surface area contributed by atoms with E-state index in [4.69, 9.17) is 16.2 Å². The maximum atomic E-state index is 12.4. The molecule has 3 rings (SSSR count). The molecule has 2 fully saturated rings. The van der Waals surface area contributed by atoms with Crippen LogP contribution in [0.4, 0.5) is 17.3 Å². The minimum Gasteiger partial charge on any atom is -0.396 e. The van der Waals surface area contributed by atoms with E-state index in [0.717, 1.165) is 31.7 Å². The lowest BCUT2D eigenvalue weighted by Gasteiger charge is -2.34. The predicted molar refractivity (Wildman–Crippen MR) is 95.3 cm³/mol. The molecule has 0 aromatic carbocycles. The molecule has 130 valence electrons. The van der Waals surface area contributed by atoms with Crippen molar-refractivity contribution in [2.24, 2.45) is 0 Å². The van der Waals surface area contributed by atoms with Crippen molar-refractivity contribution in [3.63, 3.8) is 0 Å². The molecule has 3 heterocycles. The number of carbonyl (C=O) groups excluding carboxylic acids is 1. The number of aromatic nitrogens is 1. The first kappa shape index (κ1) is 19.6. The van der Waals surface area contributed by atoms with E-state index in [1.807, 2.05) is 15.9 Å². The Hall–Kier alpha value is -1.44. The van der Waals surface area contributed by atoms with Crippen LogP contribution in [0.1, 0.15) is 12.8 Å². The fraction of sp³-hybridized carbons (Fsp3) is 0.571. The van der Waals surface area contributed by atoms with Gasteiger partial charge in [-0.25, -0.2) is 4.98 Å². The van der Waals surface area contributed by atoms with Gasteiger partial charge in [-0.2, -0.15) is 0 Å². The van der Waals surface area contributed by atoms with Crippen LogP contribution in [-0.2, 0) is 9.53 Å². The van der Waals surface area contributed by atoms with Gasteiger partial charge in [-0.05, 0) is 25.0 Å². The molecule has 1 amide bonds. The van der Waals surface area contributed by atoms with Crippen molar-refractivity contribution in [1.82, 2.24) is 9.88 Å². The Labute approximate surface area is 148 Å². The molecule has 9 heteroatoms. The van der Waals surface area contributed by atoms with E-state index in [1.54, 1.807) is 6.07 Å². The highest BCUT2D eigenvalue weighted by Crippen LogP contribution is 2.21. The molecule has 0 radical (unpaired) electrons. The number of pyridine rings is 1. The van der Waals surface area contributed by atoms with Crippen LogP contribution >= 0.6 is 24.8 Å². The predicted octanol–water partition coefficient (Wildman–Crippen LogP) is 0.917. The van der Waals surface area contributed by atoms with Crippen LogP contribution in [0.2, 0.25) is 0 Å². The molecule has 7 nitrogen and oxygen atoms in total. The summed E-state index contributed by atoms with van der Waals surface area (Å²) in [6, 6.07) is 3.57. The smallest absolute Gasteiger partial charge is 0.253 e. The summed E-state index contributed by atoms with van der Waals surface area (Å²) < 4.78 is 5.64. The normalized spacial score (nSPS) is 20.6. The van der Waals surface area contributed by atoms with Crippen LogP contribution in [0.25, 0.3) is 0 Å². The maximum Gasteiger partial charge on any atom is 0.253 e. The fourth-order valence-electron chi connectivity index (χ4n) is 2.80. The van der Waals surface area contributed by atoms with Crippen molar-refractivity contribution in [3.8, 4) is 0 Å². The zero-order valence-corrected chi connectivity index (χ0v) is 14.4. The van der Waals surface area contributed by atoms with Crippen molar-refractivity contribution in [2.75, 3.05) is 49.2 Å². The molecule has 0 saturated carbocycles. The lowest BCUT2D eigenvalue weighted by Crippen LogP contribution is -2.50. The number of hydrogen-bond donors (Lipinski definition) is 2. The van der Waals surface area contributed by atoms with E-state index in [2.05, 4.69) is 4.98 Å². The van der Waals surface area contributed by atoms with Gasteiger partial charge in [-0.15, -0.1) is 24.8 Å². The van der Waals surface area contributed by atoms with Gasteiger partial charge in [0.25, 0.3) is 5.91 Å². The van der Waals surface area contributed by atoms with Crippen molar-refractivity contribution in [3.05, 3.63) is 12.1 Å². The van der Waals surface area contributed by atoms with Gasteiger partial charge in [0, 0.05) is 19.6 Å². The Morgan fingerprint density at radius 3 is 2.52 bits per heavy atom. The second-order valence-corrected chi connectivity index (χ2v) is 5.48. The third kappa shape index (κ3) is 4.31. The van der Waals surface area contributed by atoms with Gasteiger partial charge in [0.15, 0.2) is 6.10 Å². The molecule has 2 aliphatic rings. The monoisotopic (exact) mass is 363 g/mol. The molecule has 1 atom stereocenters. The average Bonchev–Trinajstić information content (AvgIpc) is 3.04. The standard InChI is InChI=1S/C14H21N5O2.2ClH/c15-10-3-4-12(17-13(10)16)19-7-8-21-11(9-19)14(20)18-5-1-2-6-18;;/h3-4,11H,1-2,5-9,15H2,(H2,16,17);2*1H. The van der Waals surface area contributed by atoms with Crippen LogP contribution in [0.5, 0.6) is 0 Å². The highest BCUT2D eigenvalue weighted by molar-refractivity contribution is 5.85. The molecule has 0 spiro atoms. The number of nitrogen functional groups attached to an aromatic ring is 2. The number of hydrogen-bond acceptors (Lipinski definition) is 6. The summed E-state index contributed by atoms with van der Waals surface area (Å²) in [5.41, 5.74) is 11.9. The van der Waals surface area contributed by atoms with Crippen LogP contribution in [0.3, 0.4) is 0 Å². The second-order valence-electron chi connectivity index (χ2n) is 5.48. The SMILES string of the molecule is Cl.Cl.Nc1ccc(N2CCOC(C(=O)N3CCCC3)C2)nc1N. The van der Waals surface area contributed by atoms with Crippen molar-refractivity contribution in [1.29, 1.82) is 0 Å². The van der Waals surface area contributed by atoms with E-state index < -0.39 is 6.10 Å². The van der Waals surface area contributed by atoms with E-state index >= 15 is 0 Å². The number of nitrogens with two attached hydrogens (primary N) is 2. The van der Waals surface area contributed by atoms with E-state index in [9.17, 15) is 4.79 Å². The van der Waals surface area contributed by atoms with Crippen molar-refractivity contribution in [2.45, 2.75) is 18.9 Å². The first-order valence-electron chi connectivity index (χ1n) is 7.32. The summed E-state index contributed by atoms with van der Waals surface area (Å²) in [5, 5.41) is 0. The summed E-state index contributed by atoms with van der Waals surface area (Å²) in [7, 11) is 0. The molecule has 1 aromatic heterocycles. The number of carbonyl (C=O) groups is 1. The maximum absolute atomic E-state index is 12.4. The Morgan fingerprint density at radius 2 is 1.87 bits per heavy atom. The summed E-state index contributed by atoms with van der Waals surface area (Å²) in [5.74, 6) is 1.14. The molecule has 4 N–H and O–H groups in total. The lowest BCUT2D eigenvalue weighted by molar-refractivity contribution is -0.143. The number of amides is 1.